The largest absolute Gasteiger partial charge is 0.573 e. The molecule has 2 aromatic carbocycles. The fourth-order valence-corrected chi connectivity index (χ4v) is 3.61. The number of nitrogens with zero attached hydrogens (tertiary/aromatic N) is 4. The van der Waals surface area contributed by atoms with Crippen molar-refractivity contribution in [2.75, 3.05) is 10.6 Å². The third-order valence-corrected chi connectivity index (χ3v) is 5.42. The monoisotopic (exact) mass is 508 g/mol. The maximum absolute atomic E-state index is 12.9. The van der Waals surface area contributed by atoms with Gasteiger partial charge in [0, 0.05) is 30.1 Å². The molecule has 0 fully saturated rings. The zero-order valence-electron chi connectivity index (χ0n) is 19.5. The van der Waals surface area contributed by atoms with Gasteiger partial charge in [-0.2, -0.15) is 0 Å². The van der Waals surface area contributed by atoms with E-state index in [2.05, 4.69) is 30.3 Å². The standard InChI is InChI=1S/C25H19F3N6O3/c1-14-6-7-15(24(35)30-17-4-3-5-18(11-17)37-25(26,27)28)10-19(14)31-22-20-23(34(2)13-29-20)33-21(32-22)16-8-9-36-12-16/h3-13H,1-2H3,(H,30,35)(H,31,32,33). The van der Waals surface area contributed by atoms with E-state index in [0.29, 0.717) is 34.1 Å². The number of anilines is 3. The molecule has 3 aromatic heterocycles. The molecular weight excluding hydrogens is 489 g/mol. The molecule has 0 aliphatic rings. The molecule has 9 nitrogen and oxygen atoms in total. The number of benzene rings is 2. The first-order chi connectivity index (χ1) is 17.7. The Morgan fingerprint density at radius 3 is 2.70 bits per heavy atom. The number of halogens is 3. The number of ether oxygens (including phenoxy) is 1. The summed E-state index contributed by atoms with van der Waals surface area (Å²) in [4.78, 5) is 26.5. The smallest absolute Gasteiger partial charge is 0.472 e. The SMILES string of the molecule is Cc1ccc(C(=O)Nc2cccc(OC(F)(F)F)c2)cc1Nc1nc(-c2ccoc2)nc2c1ncn2C. The molecular formula is C25H19F3N6O3. The summed E-state index contributed by atoms with van der Waals surface area (Å²) in [6.45, 7) is 1.86. The highest BCUT2D eigenvalue weighted by Gasteiger charge is 2.31. The zero-order valence-corrected chi connectivity index (χ0v) is 19.5. The quantitative estimate of drug-likeness (QED) is 0.297. The molecule has 0 atom stereocenters. The van der Waals surface area contributed by atoms with Crippen molar-refractivity contribution in [3.63, 3.8) is 0 Å². The number of alkyl halides is 3. The Hall–Kier alpha value is -4.87. The number of amides is 1. The Morgan fingerprint density at radius 1 is 1.11 bits per heavy atom. The first-order valence-electron chi connectivity index (χ1n) is 10.9. The topological polar surface area (TPSA) is 107 Å². The molecule has 12 heteroatoms. The van der Waals surface area contributed by atoms with Crippen LogP contribution in [0.25, 0.3) is 22.6 Å². The van der Waals surface area contributed by atoms with Crippen molar-refractivity contribution in [3.05, 3.63) is 78.5 Å². The molecule has 0 saturated carbocycles. The number of furan rings is 1. The fraction of sp³-hybridized carbons (Fsp3) is 0.120. The summed E-state index contributed by atoms with van der Waals surface area (Å²) in [5.41, 5.74) is 3.66. The Balaban J connectivity index is 1.43. The third-order valence-electron chi connectivity index (χ3n) is 5.42. The lowest BCUT2D eigenvalue weighted by atomic mass is 10.1. The predicted octanol–water partition coefficient (Wildman–Crippen LogP) is 5.83. The van der Waals surface area contributed by atoms with Crippen LogP contribution in [0, 0.1) is 6.92 Å². The number of nitrogens with one attached hydrogen (secondary N) is 2. The molecule has 1 amide bonds. The van der Waals surface area contributed by atoms with E-state index >= 15 is 0 Å². The molecule has 0 unspecified atom stereocenters. The van der Waals surface area contributed by atoms with Crippen LogP contribution in [-0.4, -0.2) is 31.8 Å². The number of imidazole rings is 1. The second-order valence-corrected chi connectivity index (χ2v) is 8.12. The second-order valence-electron chi connectivity index (χ2n) is 8.12. The van der Waals surface area contributed by atoms with Gasteiger partial charge in [0.25, 0.3) is 5.91 Å². The Bertz CT molecular complexity index is 1600. The van der Waals surface area contributed by atoms with Gasteiger partial charge < -0.3 is 24.4 Å². The molecule has 188 valence electrons. The minimum atomic E-state index is -4.84. The maximum atomic E-state index is 12.9. The number of fused-ring (bicyclic) bond motifs is 1. The van der Waals surface area contributed by atoms with Crippen LogP contribution in [0.5, 0.6) is 5.75 Å². The Kier molecular flexibility index (Phi) is 5.99. The number of rotatable bonds is 6. The van der Waals surface area contributed by atoms with Crippen LogP contribution >= 0.6 is 0 Å². The second kappa shape index (κ2) is 9.30. The fourth-order valence-electron chi connectivity index (χ4n) is 3.61. The molecule has 5 aromatic rings. The lowest BCUT2D eigenvalue weighted by molar-refractivity contribution is -0.274. The molecule has 0 spiro atoms. The van der Waals surface area contributed by atoms with Gasteiger partial charge in [0.1, 0.15) is 12.0 Å². The zero-order chi connectivity index (χ0) is 26.2. The van der Waals surface area contributed by atoms with Crippen molar-refractivity contribution in [2.45, 2.75) is 13.3 Å². The van der Waals surface area contributed by atoms with Gasteiger partial charge in [0.2, 0.25) is 0 Å². The van der Waals surface area contributed by atoms with Crippen LogP contribution in [-0.2, 0) is 7.05 Å². The summed E-state index contributed by atoms with van der Waals surface area (Å²) >= 11 is 0. The minimum Gasteiger partial charge on any atom is -0.472 e. The van der Waals surface area contributed by atoms with Crippen molar-refractivity contribution in [1.29, 1.82) is 0 Å². The minimum absolute atomic E-state index is 0.151. The van der Waals surface area contributed by atoms with Crippen molar-refractivity contribution < 1.29 is 27.1 Å². The average Bonchev–Trinajstić information content (AvgIpc) is 3.50. The molecule has 2 N–H and O–H groups in total. The number of hydrogen-bond donors (Lipinski definition) is 2. The van der Waals surface area contributed by atoms with Gasteiger partial charge in [0.15, 0.2) is 22.8 Å². The number of carbonyl (C=O) groups excluding carboxylic acids is 1. The van der Waals surface area contributed by atoms with Crippen molar-refractivity contribution in [2.24, 2.45) is 7.05 Å². The number of aromatic nitrogens is 4. The van der Waals surface area contributed by atoms with Gasteiger partial charge in [-0.1, -0.05) is 12.1 Å². The van der Waals surface area contributed by atoms with E-state index in [9.17, 15) is 18.0 Å². The summed E-state index contributed by atoms with van der Waals surface area (Å²) < 4.78 is 48.4. The maximum Gasteiger partial charge on any atom is 0.573 e. The van der Waals surface area contributed by atoms with E-state index in [1.807, 2.05) is 14.0 Å². The first kappa shape index (κ1) is 23.9. The highest BCUT2D eigenvalue weighted by molar-refractivity contribution is 6.05. The van der Waals surface area contributed by atoms with Gasteiger partial charge in [0.05, 0.1) is 18.2 Å². The van der Waals surface area contributed by atoms with Crippen LogP contribution in [0.1, 0.15) is 15.9 Å². The van der Waals surface area contributed by atoms with Gasteiger partial charge in [-0.05, 0) is 42.8 Å². The molecule has 0 aliphatic heterocycles. The molecule has 37 heavy (non-hydrogen) atoms. The summed E-state index contributed by atoms with van der Waals surface area (Å²) in [5.74, 6) is -0.0931. The van der Waals surface area contributed by atoms with Crippen LogP contribution in [0.15, 0.2) is 71.8 Å². The molecule has 0 bridgehead atoms. The van der Waals surface area contributed by atoms with E-state index in [0.717, 1.165) is 17.7 Å². The predicted molar refractivity (Wildman–Crippen MR) is 130 cm³/mol. The number of aryl methyl sites for hydroxylation is 2. The lowest BCUT2D eigenvalue weighted by Gasteiger charge is -2.13. The van der Waals surface area contributed by atoms with Crippen LogP contribution in [0.2, 0.25) is 0 Å². The van der Waals surface area contributed by atoms with Gasteiger partial charge in [-0.25, -0.2) is 15.0 Å². The van der Waals surface area contributed by atoms with Crippen LogP contribution in [0.3, 0.4) is 0 Å². The Morgan fingerprint density at radius 2 is 1.95 bits per heavy atom. The number of carbonyl (C=O) groups is 1. The first-order valence-corrected chi connectivity index (χ1v) is 10.9. The van der Waals surface area contributed by atoms with Crippen LogP contribution < -0.4 is 15.4 Å². The molecule has 5 rings (SSSR count). The summed E-state index contributed by atoms with van der Waals surface area (Å²) in [6.07, 6.45) is -0.155. The summed E-state index contributed by atoms with van der Waals surface area (Å²) in [7, 11) is 1.82. The van der Waals surface area contributed by atoms with E-state index < -0.39 is 18.0 Å². The summed E-state index contributed by atoms with van der Waals surface area (Å²) in [5, 5.41) is 5.83. The molecule has 0 aliphatic carbocycles. The van der Waals surface area contributed by atoms with Gasteiger partial charge in [-0.3, -0.25) is 4.79 Å². The Labute approximate surface area is 207 Å². The normalized spacial score (nSPS) is 11.5. The third kappa shape index (κ3) is 5.22. The number of hydrogen-bond acceptors (Lipinski definition) is 7. The van der Waals surface area contributed by atoms with Crippen LogP contribution in [0.4, 0.5) is 30.4 Å². The van der Waals surface area contributed by atoms with E-state index in [4.69, 9.17) is 4.42 Å². The van der Waals surface area contributed by atoms with Gasteiger partial charge >= 0.3 is 6.36 Å². The highest BCUT2D eigenvalue weighted by atomic mass is 19.4. The summed E-state index contributed by atoms with van der Waals surface area (Å²) in [6, 6.07) is 11.8. The lowest BCUT2D eigenvalue weighted by Crippen LogP contribution is -2.17. The van der Waals surface area contributed by atoms with Crippen molar-refractivity contribution in [1.82, 2.24) is 19.5 Å². The highest BCUT2D eigenvalue weighted by Crippen LogP contribution is 2.29. The molecule has 3 heterocycles. The average molecular weight is 508 g/mol. The molecule has 0 saturated heterocycles. The van der Waals surface area contributed by atoms with E-state index in [-0.39, 0.29) is 11.3 Å². The van der Waals surface area contributed by atoms with Crippen molar-refractivity contribution in [3.8, 4) is 17.1 Å². The molecule has 0 radical (unpaired) electrons. The van der Waals surface area contributed by atoms with Gasteiger partial charge in [-0.15, -0.1) is 13.2 Å². The van der Waals surface area contributed by atoms with E-state index in [1.54, 1.807) is 35.2 Å². The van der Waals surface area contributed by atoms with E-state index in [1.165, 1.54) is 24.7 Å². The van der Waals surface area contributed by atoms with Crippen molar-refractivity contribution >= 4 is 34.3 Å².